The van der Waals surface area contributed by atoms with Crippen LogP contribution in [-0.4, -0.2) is 28.6 Å². The lowest BCUT2D eigenvalue weighted by Gasteiger charge is -2.15. The standard InChI is InChI=1S/C13H13Cl3N2O2/c1-20-3-2-18-12(11(16)7-17-18)13(19)8-4-9(14)6-10(15)5-8/h4-7,13,19H,2-3H2,1H3. The van der Waals surface area contributed by atoms with E-state index >= 15 is 0 Å². The SMILES string of the molecule is COCCn1ncc(Cl)c1C(O)c1cc(Cl)cc(Cl)c1. The lowest BCUT2D eigenvalue weighted by molar-refractivity contribution is 0.171. The molecule has 1 heterocycles. The lowest BCUT2D eigenvalue weighted by Crippen LogP contribution is -2.13. The molecular weight excluding hydrogens is 323 g/mol. The van der Waals surface area contributed by atoms with Crippen molar-refractivity contribution in [3.05, 3.63) is 50.7 Å². The molecule has 2 rings (SSSR count). The molecular formula is C13H13Cl3N2O2. The fourth-order valence-corrected chi connectivity index (χ4v) is 2.68. The van der Waals surface area contributed by atoms with E-state index in [-0.39, 0.29) is 0 Å². The molecule has 20 heavy (non-hydrogen) atoms. The quantitative estimate of drug-likeness (QED) is 0.908. The first kappa shape index (κ1) is 15.6. The molecule has 2 aromatic rings. The second kappa shape index (κ2) is 6.78. The molecule has 1 unspecified atom stereocenters. The molecule has 0 aliphatic rings. The van der Waals surface area contributed by atoms with Crippen LogP contribution in [-0.2, 0) is 11.3 Å². The Labute approximate surface area is 131 Å². The van der Waals surface area contributed by atoms with Crippen LogP contribution >= 0.6 is 34.8 Å². The highest BCUT2D eigenvalue weighted by molar-refractivity contribution is 6.34. The maximum Gasteiger partial charge on any atom is 0.122 e. The third-order valence-electron chi connectivity index (χ3n) is 2.80. The van der Waals surface area contributed by atoms with E-state index < -0.39 is 6.10 Å². The van der Waals surface area contributed by atoms with Crippen molar-refractivity contribution < 1.29 is 9.84 Å². The number of aromatic nitrogens is 2. The molecule has 1 aromatic heterocycles. The Balaban J connectivity index is 2.36. The van der Waals surface area contributed by atoms with Crippen molar-refractivity contribution in [2.45, 2.75) is 12.6 Å². The number of methoxy groups -OCH3 is 1. The molecule has 7 heteroatoms. The van der Waals surface area contributed by atoms with Crippen molar-refractivity contribution in [3.8, 4) is 0 Å². The minimum atomic E-state index is -0.960. The van der Waals surface area contributed by atoms with Crippen LogP contribution in [0.5, 0.6) is 0 Å². The third-order valence-corrected chi connectivity index (χ3v) is 3.53. The number of nitrogens with zero attached hydrogens (tertiary/aromatic N) is 2. The van der Waals surface area contributed by atoms with E-state index in [1.165, 1.54) is 6.20 Å². The molecule has 108 valence electrons. The van der Waals surface area contributed by atoms with Gasteiger partial charge in [-0.3, -0.25) is 4.68 Å². The van der Waals surface area contributed by atoms with E-state index in [0.29, 0.717) is 39.5 Å². The molecule has 4 nitrogen and oxygen atoms in total. The molecule has 0 radical (unpaired) electrons. The molecule has 0 aliphatic carbocycles. The molecule has 0 amide bonds. The maximum absolute atomic E-state index is 10.5. The average molecular weight is 336 g/mol. The summed E-state index contributed by atoms with van der Waals surface area (Å²) in [6.07, 6.45) is 0.528. The highest BCUT2D eigenvalue weighted by atomic mass is 35.5. The second-order valence-electron chi connectivity index (χ2n) is 4.20. The van der Waals surface area contributed by atoms with E-state index in [1.807, 2.05) is 0 Å². The highest BCUT2D eigenvalue weighted by Gasteiger charge is 2.20. The van der Waals surface area contributed by atoms with Gasteiger partial charge >= 0.3 is 0 Å². The highest BCUT2D eigenvalue weighted by Crippen LogP contribution is 2.31. The molecule has 1 N–H and O–H groups in total. The van der Waals surface area contributed by atoms with E-state index in [4.69, 9.17) is 39.5 Å². The topological polar surface area (TPSA) is 47.3 Å². The molecule has 1 atom stereocenters. The number of aliphatic hydroxyl groups is 1. The van der Waals surface area contributed by atoms with Gasteiger partial charge in [0.1, 0.15) is 6.10 Å². The normalized spacial score (nSPS) is 12.7. The van der Waals surface area contributed by atoms with Crippen LogP contribution in [0, 0.1) is 0 Å². The maximum atomic E-state index is 10.5. The summed E-state index contributed by atoms with van der Waals surface area (Å²) in [5.74, 6) is 0. The predicted molar refractivity (Wildman–Crippen MR) is 79.6 cm³/mol. The summed E-state index contributed by atoms with van der Waals surface area (Å²) >= 11 is 18.0. The monoisotopic (exact) mass is 334 g/mol. The number of aliphatic hydroxyl groups excluding tert-OH is 1. The Hall–Kier alpha value is -0.780. The van der Waals surface area contributed by atoms with Crippen LogP contribution in [0.15, 0.2) is 24.4 Å². The average Bonchev–Trinajstić information content (AvgIpc) is 2.75. The number of rotatable bonds is 5. The Morgan fingerprint density at radius 2 is 1.90 bits per heavy atom. The molecule has 0 bridgehead atoms. The van der Waals surface area contributed by atoms with E-state index in [0.717, 1.165) is 0 Å². The van der Waals surface area contributed by atoms with Crippen LogP contribution in [0.2, 0.25) is 15.1 Å². The number of hydrogen-bond donors (Lipinski definition) is 1. The predicted octanol–water partition coefficient (Wildman–Crippen LogP) is 3.57. The van der Waals surface area contributed by atoms with Gasteiger partial charge in [0.2, 0.25) is 0 Å². The van der Waals surface area contributed by atoms with Crippen LogP contribution < -0.4 is 0 Å². The summed E-state index contributed by atoms with van der Waals surface area (Å²) in [7, 11) is 1.60. The Morgan fingerprint density at radius 3 is 2.50 bits per heavy atom. The Morgan fingerprint density at radius 1 is 1.25 bits per heavy atom. The number of hydrogen-bond acceptors (Lipinski definition) is 3. The first-order chi connectivity index (χ1) is 9.52. The summed E-state index contributed by atoms with van der Waals surface area (Å²) in [4.78, 5) is 0. The van der Waals surface area contributed by atoms with Crippen LogP contribution in [0.25, 0.3) is 0 Å². The van der Waals surface area contributed by atoms with Gasteiger partial charge in [0, 0.05) is 17.2 Å². The number of ether oxygens (including phenoxy) is 1. The first-order valence-electron chi connectivity index (χ1n) is 5.87. The minimum Gasteiger partial charge on any atom is -0.383 e. The lowest BCUT2D eigenvalue weighted by atomic mass is 10.1. The van der Waals surface area contributed by atoms with Gasteiger partial charge in [-0.2, -0.15) is 5.10 Å². The summed E-state index contributed by atoms with van der Waals surface area (Å²) in [5, 5.41) is 15.9. The summed E-state index contributed by atoms with van der Waals surface area (Å²) in [5.41, 5.74) is 1.05. The summed E-state index contributed by atoms with van der Waals surface area (Å²) in [6, 6.07) is 4.88. The van der Waals surface area contributed by atoms with Gasteiger partial charge in [-0.25, -0.2) is 0 Å². The fraction of sp³-hybridized carbons (Fsp3) is 0.308. The summed E-state index contributed by atoms with van der Waals surface area (Å²) < 4.78 is 6.61. The minimum absolute atomic E-state index is 0.379. The molecule has 0 saturated carbocycles. The van der Waals surface area contributed by atoms with Gasteiger partial charge in [0.05, 0.1) is 30.1 Å². The summed E-state index contributed by atoms with van der Waals surface area (Å²) in [6.45, 7) is 0.956. The van der Waals surface area contributed by atoms with Crippen LogP contribution in [0.1, 0.15) is 17.4 Å². The third kappa shape index (κ3) is 3.45. The fourth-order valence-electron chi connectivity index (χ4n) is 1.89. The van der Waals surface area contributed by atoms with Crippen LogP contribution in [0.3, 0.4) is 0 Å². The van der Waals surface area contributed by atoms with Crippen molar-refractivity contribution in [2.24, 2.45) is 0 Å². The number of benzene rings is 1. The molecule has 0 fully saturated rings. The Bertz CT molecular complexity index is 581. The zero-order valence-corrected chi connectivity index (χ0v) is 13.0. The largest absolute Gasteiger partial charge is 0.383 e. The molecule has 0 saturated heterocycles. The first-order valence-corrected chi connectivity index (χ1v) is 7.00. The molecule has 0 aliphatic heterocycles. The zero-order chi connectivity index (χ0) is 14.7. The smallest absolute Gasteiger partial charge is 0.122 e. The van der Waals surface area contributed by atoms with Crippen molar-refractivity contribution in [3.63, 3.8) is 0 Å². The van der Waals surface area contributed by atoms with Gasteiger partial charge in [0.15, 0.2) is 0 Å². The number of halogens is 3. The van der Waals surface area contributed by atoms with Crippen molar-refractivity contribution in [2.75, 3.05) is 13.7 Å². The van der Waals surface area contributed by atoms with Gasteiger partial charge < -0.3 is 9.84 Å². The van der Waals surface area contributed by atoms with Gasteiger partial charge in [-0.15, -0.1) is 0 Å². The second-order valence-corrected chi connectivity index (χ2v) is 5.48. The van der Waals surface area contributed by atoms with Crippen molar-refractivity contribution in [1.82, 2.24) is 9.78 Å². The van der Waals surface area contributed by atoms with E-state index in [9.17, 15) is 5.11 Å². The van der Waals surface area contributed by atoms with Gasteiger partial charge in [0.25, 0.3) is 0 Å². The van der Waals surface area contributed by atoms with Gasteiger partial charge in [-0.05, 0) is 23.8 Å². The van der Waals surface area contributed by atoms with Crippen LogP contribution in [0.4, 0.5) is 0 Å². The van der Waals surface area contributed by atoms with Gasteiger partial charge in [-0.1, -0.05) is 34.8 Å². The molecule has 0 spiro atoms. The van der Waals surface area contributed by atoms with E-state index in [1.54, 1.807) is 30.0 Å². The van der Waals surface area contributed by atoms with Crippen molar-refractivity contribution >= 4 is 34.8 Å². The zero-order valence-electron chi connectivity index (χ0n) is 10.7. The van der Waals surface area contributed by atoms with E-state index in [2.05, 4.69) is 5.10 Å². The molecule has 1 aromatic carbocycles. The van der Waals surface area contributed by atoms with Crippen molar-refractivity contribution in [1.29, 1.82) is 0 Å². The Kier molecular flexibility index (Phi) is 5.29.